The molecule has 4 aromatic rings. The highest BCUT2D eigenvalue weighted by molar-refractivity contribution is 9.10. The zero-order valence-electron chi connectivity index (χ0n) is 25.2. The van der Waals surface area contributed by atoms with Gasteiger partial charge in [-0.05, 0) is 67.8 Å². The van der Waals surface area contributed by atoms with E-state index in [0.717, 1.165) is 31.9 Å². The quantitative estimate of drug-likeness (QED) is 0.175. The van der Waals surface area contributed by atoms with Gasteiger partial charge in [-0.15, -0.1) is 0 Å². The number of anilines is 1. The zero-order valence-corrected chi connectivity index (χ0v) is 27.6. The molecule has 2 atom stereocenters. The first-order valence-corrected chi connectivity index (χ1v) is 16.8. The van der Waals surface area contributed by atoms with E-state index in [1.807, 2.05) is 87.5 Å². The molecule has 0 saturated carbocycles. The number of hydrogen-bond acceptors (Lipinski definition) is 4. The summed E-state index contributed by atoms with van der Waals surface area (Å²) in [7, 11) is -4.12. The topological polar surface area (TPSA) is 86.8 Å². The van der Waals surface area contributed by atoms with Crippen LogP contribution in [0.2, 0.25) is 0 Å². The number of rotatable bonds is 13. The maximum atomic E-state index is 14.5. The fourth-order valence-electron chi connectivity index (χ4n) is 4.74. The van der Waals surface area contributed by atoms with Gasteiger partial charge in [0.25, 0.3) is 10.0 Å². The summed E-state index contributed by atoms with van der Waals surface area (Å²) in [5.41, 5.74) is 3.01. The van der Waals surface area contributed by atoms with Crippen molar-refractivity contribution in [2.24, 2.45) is 0 Å². The summed E-state index contributed by atoms with van der Waals surface area (Å²) >= 11 is 3.46. The van der Waals surface area contributed by atoms with Gasteiger partial charge in [0.1, 0.15) is 12.6 Å². The Bertz CT molecular complexity index is 1630. The normalized spacial score (nSPS) is 12.6. The first-order chi connectivity index (χ1) is 21.1. The molecule has 0 aliphatic carbocycles. The Kier molecular flexibility index (Phi) is 11.4. The van der Waals surface area contributed by atoms with Gasteiger partial charge in [0, 0.05) is 23.5 Å². The van der Waals surface area contributed by atoms with E-state index in [1.54, 1.807) is 30.3 Å². The second-order valence-corrected chi connectivity index (χ2v) is 13.6. The molecule has 1 N–H and O–H groups in total. The molecule has 0 aliphatic rings. The van der Waals surface area contributed by atoms with Crippen molar-refractivity contribution in [2.45, 2.75) is 57.1 Å². The minimum absolute atomic E-state index is 0.0724. The van der Waals surface area contributed by atoms with Gasteiger partial charge < -0.3 is 10.2 Å². The van der Waals surface area contributed by atoms with Crippen LogP contribution in [0.25, 0.3) is 0 Å². The highest BCUT2D eigenvalue weighted by Crippen LogP contribution is 2.25. The van der Waals surface area contributed by atoms with Crippen LogP contribution in [0.1, 0.15) is 37.0 Å². The number of nitrogens with zero attached hydrogens (tertiary/aromatic N) is 2. The molecule has 9 heteroatoms. The SMILES string of the molecule is CC[C@H](C)NC(=O)[C@@H](Cc1ccccc1)N(Cc1ccc(Br)cc1)C(=O)CN(c1ccc(C)cc1)S(=O)(=O)c1ccccc1. The van der Waals surface area contributed by atoms with Gasteiger partial charge in [0.05, 0.1) is 10.6 Å². The van der Waals surface area contributed by atoms with Crippen molar-refractivity contribution >= 4 is 43.5 Å². The summed E-state index contributed by atoms with van der Waals surface area (Å²) in [5, 5.41) is 3.06. The fraction of sp³-hybridized carbons (Fsp3) is 0.257. The van der Waals surface area contributed by atoms with Gasteiger partial charge in [-0.25, -0.2) is 8.42 Å². The van der Waals surface area contributed by atoms with Gasteiger partial charge in [-0.3, -0.25) is 13.9 Å². The van der Waals surface area contributed by atoms with Crippen LogP contribution in [0.3, 0.4) is 0 Å². The van der Waals surface area contributed by atoms with E-state index < -0.39 is 28.5 Å². The van der Waals surface area contributed by atoms with Crippen molar-refractivity contribution in [1.82, 2.24) is 10.2 Å². The van der Waals surface area contributed by atoms with Crippen LogP contribution in [0, 0.1) is 6.92 Å². The van der Waals surface area contributed by atoms with Crippen molar-refractivity contribution < 1.29 is 18.0 Å². The number of benzene rings is 4. The summed E-state index contributed by atoms with van der Waals surface area (Å²) in [6, 6.07) is 31.1. The first-order valence-electron chi connectivity index (χ1n) is 14.6. The van der Waals surface area contributed by atoms with Crippen molar-refractivity contribution in [3.63, 3.8) is 0 Å². The minimum atomic E-state index is -4.12. The van der Waals surface area contributed by atoms with Gasteiger partial charge in [-0.1, -0.05) is 101 Å². The fourth-order valence-corrected chi connectivity index (χ4v) is 6.44. The second-order valence-electron chi connectivity index (χ2n) is 10.8. The van der Waals surface area contributed by atoms with Crippen molar-refractivity contribution in [1.29, 1.82) is 0 Å². The zero-order chi connectivity index (χ0) is 31.7. The third-order valence-corrected chi connectivity index (χ3v) is 9.79. The molecule has 4 rings (SSSR count). The molecular formula is C35H38BrN3O4S. The molecule has 0 aliphatic heterocycles. The Morgan fingerprint density at radius 3 is 2.00 bits per heavy atom. The number of nitrogens with one attached hydrogen (secondary N) is 1. The van der Waals surface area contributed by atoms with E-state index in [9.17, 15) is 18.0 Å². The van der Waals surface area contributed by atoms with Crippen molar-refractivity contribution in [3.05, 3.63) is 130 Å². The molecule has 0 radical (unpaired) electrons. The monoisotopic (exact) mass is 675 g/mol. The van der Waals surface area contributed by atoms with Gasteiger partial charge >= 0.3 is 0 Å². The lowest BCUT2D eigenvalue weighted by atomic mass is 10.0. The summed E-state index contributed by atoms with van der Waals surface area (Å²) in [6.07, 6.45) is 0.988. The third kappa shape index (κ3) is 8.57. The van der Waals surface area contributed by atoms with Crippen LogP contribution in [0.15, 0.2) is 119 Å². The van der Waals surface area contributed by atoms with Crippen molar-refractivity contribution in [3.8, 4) is 0 Å². The molecule has 0 bridgehead atoms. The van der Waals surface area contributed by atoms with E-state index in [-0.39, 0.29) is 29.8 Å². The van der Waals surface area contributed by atoms with E-state index >= 15 is 0 Å². The van der Waals surface area contributed by atoms with E-state index in [2.05, 4.69) is 21.2 Å². The minimum Gasteiger partial charge on any atom is -0.352 e. The molecule has 0 heterocycles. The molecule has 0 aromatic heterocycles. The van der Waals surface area contributed by atoms with Gasteiger partial charge in [0.15, 0.2) is 0 Å². The Balaban J connectivity index is 1.79. The Morgan fingerprint density at radius 1 is 0.818 bits per heavy atom. The summed E-state index contributed by atoms with van der Waals surface area (Å²) in [5.74, 6) is -0.783. The molecule has 4 aromatic carbocycles. The van der Waals surface area contributed by atoms with Crippen LogP contribution in [-0.2, 0) is 32.6 Å². The first kappa shape index (κ1) is 33.0. The molecule has 44 heavy (non-hydrogen) atoms. The number of aryl methyl sites for hydroxylation is 1. The van der Waals surface area contributed by atoms with Crippen LogP contribution in [0.5, 0.6) is 0 Å². The Morgan fingerprint density at radius 2 is 1.41 bits per heavy atom. The third-order valence-electron chi connectivity index (χ3n) is 7.47. The lowest BCUT2D eigenvalue weighted by molar-refractivity contribution is -0.140. The summed E-state index contributed by atoms with van der Waals surface area (Å²) < 4.78 is 30.1. The predicted molar refractivity (Wildman–Crippen MR) is 179 cm³/mol. The average Bonchev–Trinajstić information content (AvgIpc) is 3.03. The lowest BCUT2D eigenvalue weighted by Crippen LogP contribution is -2.54. The molecule has 7 nitrogen and oxygen atoms in total. The van der Waals surface area contributed by atoms with E-state index in [0.29, 0.717) is 5.69 Å². The maximum absolute atomic E-state index is 14.5. The number of sulfonamides is 1. The number of carbonyl (C=O) groups excluding carboxylic acids is 2. The highest BCUT2D eigenvalue weighted by atomic mass is 79.9. The highest BCUT2D eigenvalue weighted by Gasteiger charge is 2.34. The van der Waals surface area contributed by atoms with Crippen LogP contribution < -0.4 is 9.62 Å². The summed E-state index contributed by atoms with van der Waals surface area (Å²) in [6.45, 7) is 5.44. The van der Waals surface area contributed by atoms with Crippen molar-refractivity contribution in [2.75, 3.05) is 10.8 Å². The van der Waals surface area contributed by atoms with Crippen LogP contribution in [-0.4, -0.2) is 43.8 Å². The molecular weight excluding hydrogens is 638 g/mol. The standard InChI is InChI=1S/C35H38BrN3O4S/c1-4-27(3)37-35(41)33(23-28-11-7-5-8-12-28)38(24-29-17-19-30(36)20-18-29)34(40)25-39(31-21-15-26(2)16-22-31)44(42,43)32-13-9-6-10-14-32/h5-22,27,33H,4,23-25H2,1-3H3,(H,37,41)/t27-,33+/m0/s1. The molecule has 230 valence electrons. The lowest BCUT2D eigenvalue weighted by Gasteiger charge is -2.34. The number of amides is 2. The maximum Gasteiger partial charge on any atom is 0.264 e. The second kappa shape index (κ2) is 15.2. The molecule has 0 saturated heterocycles. The smallest absolute Gasteiger partial charge is 0.264 e. The largest absolute Gasteiger partial charge is 0.352 e. The molecule has 2 amide bonds. The van der Waals surface area contributed by atoms with E-state index in [1.165, 1.54) is 17.0 Å². The summed E-state index contributed by atoms with van der Waals surface area (Å²) in [4.78, 5) is 29.9. The number of carbonyl (C=O) groups is 2. The molecule has 0 fully saturated rings. The Labute approximate surface area is 269 Å². The predicted octanol–water partition coefficient (Wildman–Crippen LogP) is 6.51. The average molecular weight is 677 g/mol. The number of halogens is 1. The van der Waals surface area contributed by atoms with Crippen LogP contribution in [0.4, 0.5) is 5.69 Å². The molecule has 0 spiro atoms. The Hall–Kier alpha value is -3.95. The number of hydrogen-bond donors (Lipinski definition) is 1. The van der Waals surface area contributed by atoms with Gasteiger partial charge in [-0.2, -0.15) is 0 Å². The van der Waals surface area contributed by atoms with E-state index in [4.69, 9.17) is 0 Å². The molecule has 0 unspecified atom stereocenters. The van der Waals surface area contributed by atoms with Crippen LogP contribution >= 0.6 is 15.9 Å². The van der Waals surface area contributed by atoms with Gasteiger partial charge in [0.2, 0.25) is 11.8 Å².